The van der Waals surface area contributed by atoms with Crippen LogP contribution in [0.15, 0.2) is 200 Å². The molecule has 6 heterocycles. The van der Waals surface area contributed by atoms with Crippen LogP contribution in [0.25, 0.3) is 94.1 Å². The van der Waals surface area contributed by atoms with Gasteiger partial charge in [-0.3, -0.25) is 13.7 Å². The molecule has 0 amide bonds. The Bertz CT molecular complexity index is 3820. The van der Waals surface area contributed by atoms with Crippen LogP contribution in [0.2, 0.25) is 0 Å². The topological polar surface area (TPSA) is 84.8 Å². The first-order valence-electron chi connectivity index (χ1n) is 22.3. The molecule has 0 bridgehead atoms. The summed E-state index contributed by atoms with van der Waals surface area (Å²) in [6.45, 7) is 4.11. The molecule has 0 spiro atoms. The molecule has 0 aliphatic carbocycles. The lowest BCUT2D eigenvalue weighted by molar-refractivity contribution is 0.484. The molecule has 0 aliphatic heterocycles. The lowest BCUT2D eigenvalue weighted by atomic mass is 10.0. The zero-order valence-corrected chi connectivity index (χ0v) is 36.5. The highest BCUT2D eigenvalue weighted by Gasteiger charge is 2.21. The second kappa shape index (κ2) is 15.3. The number of hydrogen-bond donors (Lipinski definition) is 0. The van der Waals surface area contributed by atoms with Gasteiger partial charge in [0.2, 0.25) is 5.95 Å². The smallest absolute Gasteiger partial charge is 0.235 e. The molecule has 0 atom stereocenters. The van der Waals surface area contributed by atoms with Gasteiger partial charge >= 0.3 is 0 Å². The van der Waals surface area contributed by atoms with Gasteiger partial charge in [-0.25, -0.2) is 19.9 Å². The number of hydrogen-bond acceptors (Lipinski definition) is 6. The van der Waals surface area contributed by atoms with Gasteiger partial charge in [-0.1, -0.05) is 78.9 Å². The van der Waals surface area contributed by atoms with Crippen molar-refractivity contribution in [2.45, 2.75) is 13.8 Å². The van der Waals surface area contributed by atoms with E-state index in [0.29, 0.717) is 28.9 Å². The highest BCUT2D eigenvalue weighted by molar-refractivity contribution is 6.11. The minimum Gasteiger partial charge on any atom is -0.457 e. The van der Waals surface area contributed by atoms with E-state index in [-0.39, 0.29) is 0 Å². The van der Waals surface area contributed by atoms with Gasteiger partial charge in [0.05, 0.1) is 44.5 Å². The standard InChI is InChI=1S/C58H39N7O2/c1-36-57(38-14-4-3-5-15-38)37(2)62-58(61-36)65-53-34-41(66-39-22-26-45-43-16-6-8-18-49(43)63(51(45)32-39)55-20-10-12-30-59-55)24-28-47(53)48-29-25-42(35-54(48)65)67-40-23-27-46-44-17-7-9-19-50(44)64(52(46)33-40)56-21-11-13-31-60-56/h3-35H,1-2H3. The number of benzene rings is 7. The number of aryl methyl sites for hydroxylation is 2. The summed E-state index contributed by atoms with van der Waals surface area (Å²) in [4.78, 5) is 19.9. The van der Waals surface area contributed by atoms with E-state index in [4.69, 9.17) is 29.4 Å². The van der Waals surface area contributed by atoms with Crippen molar-refractivity contribution in [2.75, 3.05) is 0 Å². The normalized spacial score (nSPS) is 11.7. The highest BCUT2D eigenvalue weighted by atomic mass is 16.5. The first-order valence-corrected chi connectivity index (χ1v) is 22.3. The molecular formula is C58H39N7O2. The van der Waals surface area contributed by atoms with E-state index in [9.17, 15) is 0 Å². The van der Waals surface area contributed by atoms with Crippen molar-refractivity contribution in [1.82, 2.24) is 33.6 Å². The summed E-state index contributed by atoms with van der Waals surface area (Å²) < 4.78 is 20.1. The van der Waals surface area contributed by atoms with Crippen molar-refractivity contribution in [3.05, 3.63) is 212 Å². The number of fused-ring (bicyclic) bond motifs is 9. The van der Waals surface area contributed by atoms with Gasteiger partial charge in [-0.15, -0.1) is 0 Å². The lowest BCUT2D eigenvalue weighted by Gasteiger charge is -2.14. The van der Waals surface area contributed by atoms with Crippen LogP contribution in [-0.4, -0.2) is 33.6 Å². The Labute approximate surface area is 384 Å². The molecule has 6 aromatic heterocycles. The number of rotatable bonds is 8. The molecule has 9 heteroatoms. The summed E-state index contributed by atoms with van der Waals surface area (Å²) in [7, 11) is 0. The molecule has 67 heavy (non-hydrogen) atoms. The predicted octanol–water partition coefficient (Wildman–Crippen LogP) is 14.4. The first-order chi connectivity index (χ1) is 33.0. The van der Waals surface area contributed by atoms with Crippen LogP contribution in [0, 0.1) is 13.8 Å². The Morgan fingerprint density at radius 3 is 1.13 bits per heavy atom. The van der Waals surface area contributed by atoms with E-state index in [2.05, 4.69) is 137 Å². The summed E-state index contributed by atoms with van der Waals surface area (Å²) in [6.07, 6.45) is 3.65. The van der Waals surface area contributed by atoms with E-state index in [1.54, 1.807) is 0 Å². The van der Waals surface area contributed by atoms with E-state index >= 15 is 0 Å². The minimum atomic E-state index is 0.562. The number of nitrogens with zero attached hydrogens (tertiary/aromatic N) is 7. The molecule has 0 aliphatic rings. The van der Waals surface area contributed by atoms with Crippen molar-refractivity contribution in [2.24, 2.45) is 0 Å². The molecule has 9 nitrogen and oxygen atoms in total. The predicted molar refractivity (Wildman–Crippen MR) is 269 cm³/mol. The van der Waals surface area contributed by atoms with Crippen molar-refractivity contribution in [3.8, 4) is 51.7 Å². The number of aromatic nitrogens is 7. The molecule has 0 radical (unpaired) electrons. The summed E-state index contributed by atoms with van der Waals surface area (Å²) in [6, 6.07) is 64.1. The van der Waals surface area contributed by atoms with Gasteiger partial charge in [-0.05, 0) is 104 Å². The van der Waals surface area contributed by atoms with E-state index in [1.807, 2.05) is 91.3 Å². The van der Waals surface area contributed by atoms with Gasteiger partial charge in [0.25, 0.3) is 0 Å². The Morgan fingerprint density at radius 2 is 0.716 bits per heavy atom. The SMILES string of the molecule is Cc1nc(-n2c3cc(Oc4ccc5c6ccccc6n(-c6ccccn6)c5c4)ccc3c3ccc(Oc4ccc5c6ccccc6n(-c6ccccn6)c5c4)cc32)nc(C)c1-c1ccccc1. The lowest BCUT2D eigenvalue weighted by Crippen LogP contribution is -2.06. The molecule has 13 aromatic rings. The number of para-hydroxylation sites is 2. The maximum atomic E-state index is 6.77. The summed E-state index contributed by atoms with van der Waals surface area (Å²) in [5, 5.41) is 6.63. The minimum absolute atomic E-state index is 0.562. The Kier molecular flexibility index (Phi) is 8.76. The van der Waals surface area contributed by atoms with Crippen LogP contribution in [0.4, 0.5) is 0 Å². The van der Waals surface area contributed by atoms with Gasteiger partial charge in [0.15, 0.2) is 0 Å². The van der Waals surface area contributed by atoms with Crippen LogP contribution in [0.5, 0.6) is 23.0 Å². The Morgan fingerprint density at radius 1 is 0.343 bits per heavy atom. The summed E-state index contributed by atoms with van der Waals surface area (Å²) in [5.74, 6) is 5.03. The third-order valence-electron chi connectivity index (χ3n) is 12.8. The fourth-order valence-corrected chi connectivity index (χ4v) is 9.91. The first kappa shape index (κ1) is 38.4. The average Bonchev–Trinajstić information content (AvgIpc) is 3.99. The molecule has 0 N–H and O–H groups in total. The molecule has 0 saturated heterocycles. The summed E-state index contributed by atoms with van der Waals surface area (Å²) in [5.41, 5.74) is 9.87. The van der Waals surface area contributed by atoms with Crippen LogP contribution in [0.1, 0.15) is 11.4 Å². The third kappa shape index (κ3) is 6.31. The molecule has 318 valence electrons. The number of pyridine rings is 2. The molecule has 0 fully saturated rings. The fraction of sp³-hybridized carbons (Fsp3) is 0.0345. The Balaban J connectivity index is 0.950. The summed E-state index contributed by atoms with van der Waals surface area (Å²) >= 11 is 0. The zero-order chi connectivity index (χ0) is 44.6. The van der Waals surface area contributed by atoms with E-state index in [0.717, 1.165) is 99.6 Å². The van der Waals surface area contributed by atoms with E-state index < -0.39 is 0 Å². The number of ether oxygens (including phenoxy) is 2. The van der Waals surface area contributed by atoms with Gasteiger partial charge in [0, 0.05) is 74.5 Å². The van der Waals surface area contributed by atoms with Crippen LogP contribution in [0.3, 0.4) is 0 Å². The zero-order valence-electron chi connectivity index (χ0n) is 36.5. The molecule has 7 aromatic carbocycles. The van der Waals surface area contributed by atoms with Gasteiger partial charge < -0.3 is 9.47 Å². The van der Waals surface area contributed by atoms with Crippen molar-refractivity contribution in [1.29, 1.82) is 0 Å². The van der Waals surface area contributed by atoms with Crippen LogP contribution < -0.4 is 9.47 Å². The molecular weight excluding hydrogens is 827 g/mol. The van der Waals surface area contributed by atoms with Crippen molar-refractivity contribution < 1.29 is 9.47 Å². The highest BCUT2D eigenvalue weighted by Crippen LogP contribution is 2.41. The largest absolute Gasteiger partial charge is 0.457 e. The van der Waals surface area contributed by atoms with E-state index in [1.165, 1.54) is 0 Å². The maximum Gasteiger partial charge on any atom is 0.235 e. The second-order valence-electron chi connectivity index (χ2n) is 16.8. The van der Waals surface area contributed by atoms with Gasteiger partial charge in [-0.2, -0.15) is 0 Å². The molecule has 13 rings (SSSR count). The Hall–Kier alpha value is -9.08. The fourth-order valence-electron chi connectivity index (χ4n) is 9.91. The van der Waals surface area contributed by atoms with Crippen molar-refractivity contribution >= 4 is 65.4 Å². The second-order valence-corrected chi connectivity index (χ2v) is 16.8. The average molecular weight is 866 g/mol. The van der Waals surface area contributed by atoms with Crippen molar-refractivity contribution in [3.63, 3.8) is 0 Å². The third-order valence-corrected chi connectivity index (χ3v) is 12.8. The maximum absolute atomic E-state index is 6.77. The quantitative estimate of drug-likeness (QED) is 0.151. The molecule has 0 saturated carbocycles. The van der Waals surface area contributed by atoms with Crippen LogP contribution in [-0.2, 0) is 0 Å². The van der Waals surface area contributed by atoms with Gasteiger partial charge in [0.1, 0.15) is 34.6 Å². The monoisotopic (exact) mass is 865 g/mol. The molecule has 0 unspecified atom stereocenters. The van der Waals surface area contributed by atoms with Crippen LogP contribution >= 0.6 is 0 Å².